The van der Waals surface area contributed by atoms with E-state index in [1.165, 1.54) is 21.3 Å². The van der Waals surface area contributed by atoms with Gasteiger partial charge in [-0.05, 0) is 40.8 Å². The van der Waals surface area contributed by atoms with Gasteiger partial charge in [0, 0.05) is 5.69 Å². The van der Waals surface area contributed by atoms with Crippen LogP contribution in [0.25, 0.3) is 0 Å². The summed E-state index contributed by atoms with van der Waals surface area (Å²) in [5.41, 5.74) is 2.46. The van der Waals surface area contributed by atoms with Gasteiger partial charge < -0.3 is 24.3 Å². The highest BCUT2D eigenvalue weighted by Crippen LogP contribution is 2.38. The Balaban J connectivity index is 1.92. The van der Waals surface area contributed by atoms with Crippen LogP contribution in [0.2, 0.25) is 0 Å². The Morgan fingerprint density at radius 2 is 1.47 bits per heavy atom. The molecule has 162 valence electrons. The molecule has 0 bridgehead atoms. The Hall–Kier alpha value is -3.22. The number of benzene rings is 2. The quantitative estimate of drug-likeness (QED) is 0.662. The topological polar surface area (TPSA) is 83.1 Å². The SMILES string of the molecule is COc1cc(CC(=O)OCC(=O)Nc2ccc(C(C)(C)C)cc2)cc(OC)c1OC. The van der Waals surface area contributed by atoms with Gasteiger partial charge in [-0.3, -0.25) is 9.59 Å². The lowest BCUT2D eigenvalue weighted by Gasteiger charge is -2.19. The number of carbonyl (C=O) groups is 2. The largest absolute Gasteiger partial charge is 0.493 e. The fourth-order valence-electron chi connectivity index (χ4n) is 2.85. The fraction of sp³-hybridized carbons (Fsp3) is 0.391. The number of hydrogen-bond donors (Lipinski definition) is 1. The van der Waals surface area contributed by atoms with Gasteiger partial charge in [0.25, 0.3) is 5.91 Å². The van der Waals surface area contributed by atoms with Crippen LogP contribution >= 0.6 is 0 Å². The zero-order valence-corrected chi connectivity index (χ0v) is 18.3. The molecule has 0 fully saturated rings. The highest BCUT2D eigenvalue weighted by atomic mass is 16.5. The molecule has 0 aromatic heterocycles. The number of amides is 1. The van der Waals surface area contributed by atoms with E-state index in [1.807, 2.05) is 24.3 Å². The van der Waals surface area contributed by atoms with Crippen molar-refractivity contribution in [2.45, 2.75) is 32.6 Å². The van der Waals surface area contributed by atoms with Crippen molar-refractivity contribution in [1.29, 1.82) is 0 Å². The Kier molecular flexibility index (Phi) is 7.69. The minimum absolute atomic E-state index is 0.0326. The standard InChI is InChI=1S/C23H29NO6/c1-23(2,3)16-7-9-17(10-8-16)24-20(25)14-30-21(26)13-15-11-18(27-4)22(29-6)19(12-15)28-5/h7-12H,13-14H2,1-6H3,(H,24,25). The normalized spacial score (nSPS) is 10.9. The van der Waals surface area contributed by atoms with E-state index >= 15 is 0 Å². The third-order valence-corrected chi connectivity index (χ3v) is 4.47. The molecule has 0 atom stereocenters. The summed E-state index contributed by atoms with van der Waals surface area (Å²) in [6.45, 7) is 5.99. The molecule has 0 aliphatic carbocycles. The molecule has 2 rings (SSSR count). The van der Waals surface area contributed by atoms with Gasteiger partial charge in [-0.25, -0.2) is 0 Å². The maximum Gasteiger partial charge on any atom is 0.310 e. The van der Waals surface area contributed by atoms with Gasteiger partial charge in [0.2, 0.25) is 5.75 Å². The van der Waals surface area contributed by atoms with Gasteiger partial charge in [0.1, 0.15) is 0 Å². The van der Waals surface area contributed by atoms with Gasteiger partial charge >= 0.3 is 5.97 Å². The highest BCUT2D eigenvalue weighted by molar-refractivity contribution is 5.92. The van der Waals surface area contributed by atoms with Crippen molar-refractivity contribution in [2.75, 3.05) is 33.3 Å². The molecule has 1 amide bonds. The van der Waals surface area contributed by atoms with Crippen LogP contribution in [0.5, 0.6) is 17.2 Å². The minimum atomic E-state index is -0.539. The van der Waals surface area contributed by atoms with Crippen LogP contribution in [0.4, 0.5) is 5.69 Å². The Morgan fingerprint density at radius 1 is 0.900 bits per heavy atom. The summed E-state index contributed by atoms with van der Waals surface area (Å²) in [6, 6.07) is 10.9. The maximum atomic E-state index is 12.2. The Labute approximate surface area is 177 Å². The smallest absolute Gasteiger partial charge is 0.310 e. The lowest BCUT2D eigenvalue weighted by atomic mass is 9.87. The van der Waals surface area contributed by atoms with Gasteiger partial charge in [-0.15, -0.1) is 0 Å². The molecular weight excluding hydrogens is 386 g/mol. The molecule has 7 heteroatoms. The summed E-state index contributed by atoms with van der Waals surface area (Å²) in [6.07, 6.45) is -0.0374. The molecule has 0 saturated carbocycles. The molecule has 0 heterocycles. The molecular formula is C23H29NO6. The molecule has 0 aliphatic rings. The van der Waals surface area contributed by atoms with Crippen LogP contribution in [0, 0.1) is 0 Å². The highest BCUT2D eigenvalue weighted by Gasteiger charge is 2.17. The zero-order chi connectivity index (χ0) is 22.3. The van der Waals surface area contributed by atoms with Crippen LogP contribution < -0.4 is 19.5 Å². The average molecular weight is 415 g/mol. The molecule has 0 spiro atoms. The van der Waals surface area contributed by atoms with Gasteiger partial charge in [0.05, 0.1) is 27.8 Å². The predicted octanol–water partition coefficient (Wildman–Crippen LogP) is 3.73. The van der Waals surface area contributed by atoms with E-state index < -0.39 is 11.9 Å². The Morgan fingerprint density at radius 3 is 1.93 bits per heavy atom. The van der Waals surface area contributed by atoms with E-state index in [-0.39, 0.29) is 18.4 Å². The van der Waals surface area contributed by atoms with Gasteiger partial charge in [-0.2, -0.15) is 0 Å². The van der Waals surface area contributed by atoms with Crippen molar-refractivity contribution in [3.8, 4) is 17.2 Å². The number of esters is 1. The van der Waals surface area contributed by atoms with Gasteiger partial charge in [-0.1, -0.05) is 32.9 Å². The summed E-state index contributed by atoms with van der Waals surface area (Å²) < 4.78 is 20.9. The third kappa shape index (κ3) is 6.14. The molecule has 0 radical (unpaired) electrons. The predicted molar refractivity (Wildman–Crippen MR) is 115 cm³/mol. The van der Waals surface area contributed by atoms with E-state index in [0.29, 0.717) is 28.5 Å². The Bertz CT molecular complexity index is 859. The lowest BCUT2D eigenvalue weighted by molar-refractivity contribution is -0.146. The van der Waals surface area contributed by atoms with Crippen molar-refractivity contribution in [1.82, 2.24) is 0 Å². The van der Waals surface area contributed by atoms with Crippen molar-refractivity contribution < 1.29 is 28.5 Å². The summed E-state index contributed by atoms with van der Waals surface area (Å²) in [4.78, 5) is 24.3. The van der Waals surface area contributed by atoms with Crippen LogP contribution in [0.1, 0.15) is 31.9 Å². The maximum absolute atomic E-state index is 12.2. The van der Waals surface area contributed by atoms with Crippen molar-refractivity contribution in [3.63, 3.8) is 0 Å². The summed E-state index contributed by atoms with van der Waals surface area (Å²) in [5, 5.41) is 2.72. The number of rotatable bonds is 8. The first-order chi connectivity index (χ1) is 14.2. The molecule has 0 unspecified atom stereocenters. The zero-order valence-electron chi connectivity index (χ0n) is 18.3. The summed E-state index contributed by atoms with van der Waals surface area (Å²) in [5.74, 6) is 0.375. The first kappa shape index (κ1) is 23.1. The molecule has 2 aromatic rings. The van der Waals surface area contributed by atoms with E-state index in [9.17, 15) is 9.59 Å². The molecule has 0 aliphatic heterocycles. The molecule has 0 saturated heterocycles. The van der Waals surface area contributed by atoms with Crippen molar-refractivity contribution in [3.05, 3.63) is 47.5 Å². The molecule has 30 heavy (non-hydrogen) atoms. The van der Waals surface area contributed by atoms with Crippen molar-refractivity contribution in [2.24, 2.45) is 0 Å². The summed E-state index contributed by atoms with van der Waals surface area (Å²) >= 11 is 0. The lowest BCUT2D eigenvalue weighted by Crippen LogP contribution is -2.21. The first-order valence-electron chi connectivity index (χ1n) is 9.52. The number of nitrogens with one attached hydrogen (secondary N) is 1. The fourth-order valence-corrected chi connectivity index (χ4v) is 2.85. The second kappa shape index (κ2) is 10.0. The van der Waals surface area contributed by atoms with Crippen molar-refractivity contribution >= 4 is 17.6 Å². The number of anilines is 1. The minimum Gasteiger partial charge on any atom is -0.493 e. The second-order valence-corrected chi connectivity index (χ2v) is 7.75. The monoisotopic (exact) mass is 415 g/mol. The molecule has 2 aromatic carbocycles. The summed E-state index contributed by atoms with van der Waals surface area (Å²) in [7, 11) is 4.50. The van der Waals surface area contributed by atoms with Crippen LogP contribution in [0.15, 0.2) is 36.4 Å². The number of hydrogen-bond acceptors (Lipinski definition) is 6. The second-order valence-electron chi connectivity index (χ2n) is 7.75. The van der Waals surface area contributed by atoms with E-state index in [2.05, 4.69) is 26.1 Å². The van der Waals surface area contributed by atoms with Crippen LogP contribution in [-0.4, -0.2) is 39.8 Å². The molecule has 7 nitrogen and oxygen atoms in total. The number of methoxy groups -OCH3 is 3. The first-order valence-corrected chi connectivity index (χ1v) is 9.52. The van der Waals surface area contributed by atoms with E-state index in [0.717, 1.165) is 5.56 Å². The van der Waals surface area contributed by atoms with Gasteiger partial charge in [0.15, 0.2) is 18.1 Å². The van der Waals surface area contributed by atoms with E-state index in [1.54, 1.807) is 12.1 Å². The number of ether oxygens (including phenoxy) is 4. The van der Waals surface area contributed by atoms with Crippen LogP contribution in [-0.2, 0) is 26.2 Å². The van der Waals surface area contributed by atoms with Crippen LogP contribution in [0.3, 0.4) is 0 Å². The average Bonchev–Trinajstić information content (AvgIpc) is 2.71. The third-order valence-electron chi connectivity index (χ3n) is 4.47. The molecule has 1 N–H and O–H groups in total. The van der Waals surface area contributed by atoms with E-state index in [4.69, 9.17) is 18.9 Å². The number of carbonyl (C=O) groups excluding carboxylic acids is 2.